The van der Waals surface area contributed by atoms with Crippen molar-refractivity contribution in [1.29, 1.82) is 0 Å². The largest absolute Gasteiger partial charge is 0.351 e. The summed E-state index contributed by atoms with van der Waals surface area (Å²) in [5, 5.41) is 3.72. The van der Waals surface area contributed by atoms with Gasteiger partial charge in [-0.15, -0.1) is 0 Å². The van der Waals surface area contributed by atoms with Gasteiger partial charge in [-0.2, -0.15) is 0 Å². The molecule has 1 aliphatic rings. The minimum Gasteiger partial charge on any atom is -0.351 e. The van der Waals surface area contributed by atoms with Crippen molar-refractivity contribution in [3.8, 4) is 17.1 Å². The summed E-state index contributed by atoms with van der Waals surface area (Å²) in [5.74, 6) is 0.900. The van der Waals surface area contributed by atoms with Crippen LogP contribution in [0.4, 0.5) is 10.3 Å². The van der Waals surface area contributed by atoms with Gasteiger partial charge in [0.2, 0.25) is 5.95 Å². The highest BCUT2D eigenvalue weighted by Crippen LogP contribution is 2.31. The van der Waals surface area contributed by atoms with Crippen molar-refractivity contribution in [2.75, 3.05) is 5.32 Å². The van der Waals surface area contributed by atoms with Crippen LogP contribution in [0.15, 0.2) is 41.3 Å². The average Bonchev–Trinajstić information content (AvgIpc) is 3.01. The maximum Gasteiger partial charge on any atom is 0.334 e. The number of hydrogen-bond donors (Lipinski definition) is 1. The summed E-state index contributed by atoms with van der Waals surface area (Å²) >= 11 is 6.69. The first kappa shape index (κ1) is 21.6. The number of rotatable bonds is 5. The molecule has 1 N–H and O–H groups in total. The molecular weight excluding hydrogens is 417 g/mol. The SMILES string of the molecule is CC1CCC(Nc2nccc(-c3c(Cl)n(C(C)C)c(=O)n3-c3ccc(F)cc3)n2)CC1. The molecule has 1 aromatic carbocycles. The van der Waals surface area contributed by atoms with Crippen LogP contribution in [-0.2, 0) is 0 Å². The van der Waals surface area contributed by atoms with E-state index in [2.05, 4.69) is 22.2 Å². The summed E-state index contributed by atoms with van der Waals surface area (Å²) in [7, 11) is 0. The standard InChI is InChI=1S/C23H27ClFN5O/c1-14(2)29-21(24)20(30(23(29)31)18-10-6-16(25)7-11-18)19-12-13-26-22(28-19)27-17-8-4-15(3)5-9-17/h6-7,10-15,17H,4-5,8-9H2,1-3H3,(H,26,27,28). The third kappa shape index (κ3) is 4.37. The maximum atomic E-state index is 13.5. The number of imidazole rings is 1. The third-order valence-corrected chi connectivity index (χ3v) is 6.24. The molecule has 2 heterocycles. The molecule has 1 fully saturated rings. The number of nitrogens with zero attached hydrogens (tertiary/aromatic N) is 4. The Kier molecular flexibility index (Phi) is 6.14. The van der Waals surface area contributed by atoms with Gasteiger partial charge < -0.3 is 5.32 Å². The molecule has 0 radical (unpaired) electrons. The van der Waals surface area contributed by atoms with E-state index in [1.807, 2.05) is 13.8 Å². The Hall–Kier alpha value is -2.67. The molecule has 2 aromatic heterocycles. The number of aromatic nitrogens is 4. The van der Waals surface area contributed by atoms with Crippen LogP contribution in [0.2, 0.25) is 5.15 Å². The van der Waals surface area contributed by atoms with Crippen LogP contribution in [-0.4, -0.2) is 25.1 Å². The fraction of sp³-hybridized carbons (Fsp3) is 0.435. The first-order valence-corrected chi connectivity index (χ1v) is 11.1. The summed E-state index contributed by atoms with van der Waals surface area (Å²) in [5.41, 5.74) is 1.23. The second-order valence-corrected chi connectivity index (χ2v) is 8.92. The molecule has 0 spiro atoms. The molecule has 31 heavy (non-hydrogen) atoms. The van der Waals surface area contributed by atoms with Crippen LogP contribution in [0.25, 0.3) is 17.1 Å². The number of nitrogens with one attached hydrogen (secondary N) is 1. The molecule has 0 bridgehead atoms. The molecule has 0 atom stereocenters. The van der Waals surface area contributed by atoms with Crippen molar-refractivity contribution < 1.29 is 4.39 Å². The number of benzene rings is 1. The van der Waals surface area contributed by atoms with E-state index in [9.17, 15) is 9.18 Å². The van der Waals surface area contributed by atoms with E-state index in [-0.39, 0.29) is 17.5 Å². The molecule has 4 rings (SSSR count). The van der Waals surface area contributed by atoms with Crippen LogP contribution in [0.1, 0.15) is 52.5 Å². The first-order valence-electron chi connectivity index (χ1n) is 10.7. The molecular formula is C23H27ClFN5O. The smallest absolute Gasteiger partial charge is 0.334 e. The van der Waals surface area contributed by atoms with Crippen LogP contribution < -0.4 is 11.0 Å². The van der Waals surface area contributed by atoms with Crippen molar-refractivity contribution in [3.05, 3.63) is 58.0 Å². The van der Waals surface area contributed by atoms with Crippen LogP contribution in [0, 0.1) is 11.7 Å². The summed E-state index contributed by atoms with van der Waals surface area (Å²) in [6.07, 6.45) is 6.20. The predicted octanol–water partition coefficient (Wildman–Crippen LogP) is 5.46. The zero-order valence-electron chi connectivity index (χ0n) is 18.0. The van der Waals surface area contributed by atoms with Gasteiger partial charge in [-0.05, 0) is 75.8 Å². The van der Waals surface area contributed by atoms with Gasteiger partial charge in [0.1, 0.15) is 16.7 Å². The predicted molar refractivity (Wildman–Crippen MR) is 121 cm³/mol. The fourth-order valence-electron chi connectivity index (χ4n) is 4.14. The van der Waals surface area contributed by atoms with Crippen molar-refractivity contribution in [1.82, 2.24) is 19.1 Å². The van der Waals surface area contributed by atoms with Crippen molar-refractivity contribution >= 4 is 17.5 Å². The van der Waals surface area contributed by atoms with E-state index in [0.29, 0.717) is 34.2 Å². The number of halogens is 2. The third-order valence-electron chi connectivity index (χ3n) is 5.88. The maximum absolute atomic E-state index is 13.5. The topological polar surface area (TPSA) is 64.7 Å². The van der Waals surface area contributed by atoms with Crippen LogP contribution in [0.3, 0.4) is 0 Å². The lowest BCUT2D eigenvalue weighted by atomic mass is 9.87. The molecule has 0 amide bonds. The number of anilines is 1. The molecule has 164 valence electrons. The highest BCUT2D eigenvalue weighted by Gasteiger charge is 2.24. The quantitative estimate of drug-likeness (QED) is 0.568. The lowest BCUT2D eigenvalue weighted by molar-refractivity contribution is 0.360. The van der Waals surface area contributed by atoms with Gasteiger partial charge in [-0.1, -0.05) is 18.5 Å². The van der Waals surface area contributed by atoms with E-state index in [4.69, 9.17) is 11.6 Å². The first-order chi connectivity index (χ1) is 14.8. The minimum atomic E-state index is -0.372. The van der Waals surface area contributed by atoms with E-state index in [0.717, 1.165) is 18.8 Å². The van der Waals surface area contributed by atoms with E-state index in [1.54, 1.807) is 24.4 Å². The summed E-state index contributed by atoms with van der Waals surface area (Å²) in [6.45, 7) is 6.07. The van der Waals surface area contributed by atoms with Gasteiger partial charge >= 0.3 is 5.69 Å². The molecule has 0 aliphatic heterocycles. The molecule has 6 nitrogen and oxygen atoms in total. The van der Waals surface area contributed by atoms with Gasteiger partial charge in [0.25, 0.3) is 0 Å². The Balaban J connectivity index is 1.78. The zero-order valence-corrected chi connectivity index (χ0v) is 18.7. The van der Waals surface area contributed by atoms with Crippen molar-refractivity contribution in [3.63, 3.8) is 0 Å². The van der Waals surface area contributed by atoms with Gasteiger partial charge in [-0.25, -0.2) is 19.2 Å². The second kappa shape index (κ2) is 8.83. The monoisotopic (exact) mass is 443 g/mol. The summed E-state index contributed by atoms with van der Waals surface area (Å²) in [4.78, 5) is 22.3. The Morgan fingerprint density at radius 3 is 2.45 bits per heavy atom. The van der Waals surface area contributed by atoms with Gasteiger partial charge in [0.05, 0.1) is 11.4 Å². The molecule has 0 saturated heterocycles. The van der Waals surface area contributed by atoms with E-state index < -0.39 is 0 Å². The minimum absolute atomic E-state index is 0.149. The lowest BCUT2D eigenvalue weighted by Crippen LogP contribution is -2.26. The fourth-order valence-corrected chi connectivity index (χ4v) is 4.59. The Bertz CT molecular complexity index is 1110. The highest BCUT2D eigenvalue weighted by atomic mass is 35.5. The Morgan fingerprint density at radius 1 is 1.13 bits per heavy atom. The molecule has 1 aliphatic carbocycles. The lowest BCUT2D eigenvalue weighted by Gasteiger charge is -2.26. The molecule has 8 heteroatoms. The van der Waals surface area contributed by atoms with Crippen LogP contribution >= 0.6 is 11.6 Å². The number of hydrogen-bond acceptors (Lipinski definition) is 4. The van der Waals surface area contributed by atoms with Gasteiger partial charge in [0.15, 0.2) is 0 Å². The van der Waals surface area contributed by atoms with E-state index >= 15 is 0 Å². The van der Waals surface area contributed by atoms with Crippen molar-refractivity contribution in [2.24, 2.45) is 5.92 Å². The highest BCUT2D eigenvalue weighted by molar-refractivity contribution is 6.32. The van der Waals surface area contributed by atoms with Gasteiger partial charge in [-0.3, -0.25) is 9.13 Å². The summed E-state index contributed by atoms with van der Waals surface area (Å²) in [6, 6.07) is 7.69. The zero-order chi connectivity index (χ0) is 22.1. The molecule has 3 aromatic rings. The van der Waals surface area contributed by atoms with Crippen LogP contribution in [0.5, 0.6) is 0 Å². The Labute approximate surface area is 186 Å². The van der Waals surface area contributed by atoms with E-state index in [1.165, 1.54) is 34.1 Å². The molecule has 0 unspecified atom stereocenters. The summed E-state index contributed by atoms with van der Waals surface area (Å²) < 4.78 is 16.5. The molecule has 1 saturated carbocycles. The Morgan fingerprint density at radius 2 is 1.81 bits per heavy atom. The second-order valence-electron chi connectivity index (χ2n) is 8.56. The normalized spacial score (nSPS) is 19.0. The average molecular weight is 444 g/mol. The van der Waals surface area contributed by atoms with Crippen molar-refractivity contribution in [2.45, 2.75) is 58.5 Å². The van der Waals surface area contributed by atoms with Gasteiger partial charge in [0, 0.05) is 18.3 Å².